The van der Waals surface area contributed by atoms with Crippen LogP contribution in [0.3, 0.4) is 0 Å². The first-order valence-corrected chi connectivity index (χ1v) is 11.5. The number of hydrogen-bond donors (Lipinski definition) is 1. The fraction of sp³-hybridized carbons (Fsp3) is 0.273. The van der Waals surface area contributed by atoms with Crippen LogP contribution in [0.15, 0.2) is 36.8 Å². The standard InChI is InChI=1S/C22H19ClFN5O4S/c1-27-19-11(9-26-27)8-25-10-16(19)29-21(31)20-15(28(3-4-30)22(29)32)7-18(34-20)12-5-17(33-2)14(24)6-13(12)23/h5-10,15,20,30H,3-4H2,1-2H3. The lowest BCUT2D eigenvalue weighted by atomic mass is 10.0. The zero-order valence-electron chi connectivity index (χ0n) is 18.1. The summed E-state index contributed by atoms with van der Waals surface area (Å²) in [4.78, 5) is 34.5. The number of amides is 3. The number of urea groups is 1. The summed E-state index contributed by atoms with van der Waals surface area (Å²) in [6.45, 7) is -0.270. The number of aliphatic hydroxyl groups is 1. The Balaban J connectivity index is 1.59. The van der Waals surface area contributed by atoms with Crippen molar-refractivity contribution in [1.82, 2.24) is 19.7 Å². The van der Waals surface area contributed by atoms with Gasteiger partial charge in [0.2, 0.25) is 0 Å². The van der Waals surface area contributed by atoms with E-state index in [-0.39, 0.29) is 23.9 Å². The molecule has 2 aromatic heterocycles. The number of rotatable bonds is 5. The highest BCUT2D eigenvalue weighted by Gasteiger charge is 2.50. The molecule has 1 aromatic carbocycles. The number of methoxy groups -OCH3 is 1. The van der Waals surface area contributed by atoms with Crippen molar-refractivity contribution in [1.29, 1.82) is 0 Å². The third kappa shape index (κ3) is 3.42. The number of benzene rings is 1. The summed E-state index contributed by atoms with van der Waals surface area (Å²) in [6.07, 6.45) is 6.41. The number of aromatic nitrogens is 3. The number of ether oxygens (including phenoxy) is 1. The van der Waals surface area contributed by atoms with Crippen molar-refractivity contribution in [3.63, 3.8) is 0 Å². The number of halogens is 2. The van der Waals surface area contributed by atoms with Gasteiger partial charge < -0.3 is 14.7 Å². The number of nitrogens with zero attached hydrogens (tertiary/aromatic N) is 5. The maximum atomic E-state index is 14.1. The van der Waals surface area contributed by atoms with Gasteiger partial charge in [0.25, 0.3) is 5.91 Å². The second-order valence-electron chi connectivity index (χ2n) is 7.76. The van der Waals surface area contributed by atoms with Gasteiger partial charge in [-0.25, -0.2) is 14.1 Å². The zero-order chi connectivity index (χ0) is 24.1. The van der Waals surface area contributed by atoms with E-state index in [4.69, 9.17) is 16.3 Å². The number of hydrogen-bond acceptors (Lipinski definition) is 7. The van der Waals surface area contributed by atoms with Gasteiger partial charge in [0.05, 0.1) is 48.4 Å². The van der Waals surface area contributed by atoms with Crippen molar-refractivity contribution >= 4 is 56.8 Å². The van der Waals surface area contributed by atoms with Gasteiger partial charge >= 0.3 is 6.03 Å². The summed E-state index contributed by atoms with van der Waals surface area (Å²) in [5, 5.41) is 14.0. The lowest BCUT2D eigenvalue weighted by molar-refractivity contribution is -0.119. The second-order valence-corrected chi connectivity index (χ2v) is 9.36. The largest absolute Gasteiger partial charge is 0.494 e. The molecule has 3 aromatic rings. The van der Waals surface area contributed by atoms with E-state index in [1.807, 2.05) is 0 Å². The predicted octanol–water partition coefficient (Wildman–Crippen LogP) is 3.06. The molecule has 0 radical (unpaired) electrons. The fourth-order valence-corrected chi connectivity index (χ4v) is 5.96. The maximum Gasteiger partial charge on any atom is 0.332 e. The molecule has 1 fully saturated rings. The van der Waals surface area contributed by atoms with Crippen LogP contribution in [0.25, 0.3) is 15.8 Å². The van der Waals surface area contributed by atoms with Gasteiger partial charge in [-0.1, -0.05) is 11.6 Å². The van der Waals surface area contributed by atoms with Crippen molar-refractivity contribution in [2.75, 3.05) is 25.2 Å². The number of aliphatic hydroxyl groups excluding tert-OH is 1. The Morgan fingerprint density at radius 3 is 2.79 bits per heavy atom. The molecular formula is C22H19ClFN5O4S. The van der Waals surface area contributed by atoms with E-state index in [0.717, 1.165) is 11.0 Å². The molecule has 2 atom stereocenters. The minimum absolute atomic E-state index is 0.0148. The van der Waals surface area contributed by atoms with Crippen molar-refractivity contribution in [2.45, 2.75) is 11.3 Å². The highest BCUT2D eigenvalue weighted by atomic mass is 35.5. The van der Waals surface area contributed by atoms with E-state index in [0.29, 0.717) is 27.1 Å². The lowest BCUT2D eigenvalue weighted by Gasteiger charge is -2.40. The molecular weight excluding hydrogens is 485 g/mol. The van der Waals surface area contributed by atoms with Gasteiger partial charge in [0.1, 0.15) is 5.25 Å². The minimum atomic E-state index is -0.699. The van der Waals surface area contributed by atoms with Crippen LogP contribution in [0, 0.1) is 5.82 Å². The molecule has 2 aliphatic heterocycles. The summed E-state index contributed by atoms with van der Waals surface area (Å²) in [5.41, 5.74) is 1.39. The minimum Gasteiger partial charge on any atom is -0.494 e. The average Bonchev–Trinajstić information content (AvgIpc) is 3.42. The highest BCUT2D eigenvalue weighted by molar-refractivity contribution is 8.09. The highest BCUT2D eigenvalue weighted by Crippen LogP contribution is 2.47. The SMILES string of the molecule is COc1cc(C2=CC3C(S2)C(=O)N(c2cncc4cnn(C)c24)C(=O)N3CCO)c(Cl)cc1F. The van der Waals surface area contributed by atoms with Gasteiger partial charge in [-0.05, 0) is 18.2 Å². The second kappa shape index (κ2) is 8.57. The van der Waals surface area contributed by atoms with Gasteiger partial charge in [0, 0.05) is 35.6 Å². The Hall–Kier alpha value is -3.15. The maximum absolute atomic E-state index is 14.1. The van der Waals surface area contributed by atoms with Crippen molar-refractivity contribution in [2.24, 2.45) is 7.05 Å². The topological polar surface area (TPSA) is 101 Å². The van der Waals surface area contributed by atoms with Gasteiger partial charge in [-0.2, -0.15) is 5.10 Å². The van der Waals surface area contributed by atoms with Crippen LogP contribution in [0.5, 0.6) is 5.75 Å². The number of carbonyl (C=O) groups excluding carboxylic acids is 2. The summed E-state index contributed by atoms with van der Waals surface area (Å²) in [6, 6.07) is 1.43. The third-order valence-corrected chi connectivity index (χ3v) is 7.51. The summed E-state index contributed by atoms with van der Waals surface area (Å²) in [5.74, 6) is -1.02. The number of aryl methyl sites for hydroxylation is 1. The Bertz CT molecular complexity index is 1360. The fourth-order valence-electron chi connectivity index (χ4n) is 4.29. The van der Waals surface area contributed by atoms with E-state index in [2.05, 4.69) is 10.1 Å². The van der Waals surface area contributed by atoms with Gasteiger partial charge in [0.15, 0.2) is 11.6 Å². The van der Waals surface area contributed by atoms with E-state index in [1.165, 1.54) is 36.0 Å². The zero-order valence-corrected chi connectivity index (χ0v) is 19.7. The van der Waals surface area contributed by atoms with Crippen LogP contribution in [0.4, 0.5) is 14.9 Å². The normalized spacial score (nSPS) is 20.2. The van der Waals surface area contributed by atoms with E-state index in [9.17, 15) is 19.1 Å². The van der Waals surface area contributed by atoms with Crippen molar-refractivity contribution in [3.8, 4) is 5.75 Å². The predicted molar refractivity (Wildman–Crippen MR) is 126 cm³/mol. The Labute approximate surface area is 202 Å². The third-order valence-electron chi connectivity index (χ3n) is 5.86. The summed E-state index contributed by atoms with van der Waals surface area (Å²) >= 11 is 7.54. The first kappa shape index (κ1) is 22.6. The molecule has 34 heavy (non-hydrogen) atoms. The average molecular weight is 504 g/mol. The molecule has 9 nitrogen and oxygen atoms in total. The molecule has 2 aliphatic rings. The monoisotopic (exact) mass is 503 g/mol. The number of carbonyl (C=O) groups is 2. The van der Waals surface area contributed by atoms with E-state index < -0.39 is 29.0 Å². The van der Waals surface area contributed by atoms with Crippen LogP contribution in [0.1, 0.15) is 5.56 Å². The Morgan fingerprint density at radius 2 is 2.06 bits per heavy atom. The molecule has 0 aliphatic carbocycles. The molecule has 0 bridgehead atoms. The molecule has 5 rings (SSSR count). The van der Waals surface area contributed by atoms with Crippen LogP contribution in [-0.4, -0.2) is 68.3 Å². The number of anilines is 1. The molecule has 176 valence electrons. The molecule has 3 amide bonds. The molecule has 12 heteroatoms. The van der Waals surface area contributed by atoms with Crippen LogP contribution in [-0.2, 0) is 11.8 Å². The molecule has 1 saturated heterocycles. The van der Waals surface area contributed by atoms with Crippen molar-refractivity contribution < 1.29 is 23.8 Å². The quantitative estimate of drug-likeness (QED) is 0.571. The van der Waals surface area contributed by atoms with Crippen LogP contribution >= 0.6 is 23.4 Å². The molecule has 1 N–H and O–H groups in total. The van der Waals surface area contributed by atoms with E-state index >= 15 is 0 Å². The first-order chi connectivity index (χ1) is 16.3. The molecule has 4 heterocycles. The number of pyridine rings is 1. The van der Waals surface area contributed by atoms with Crippen LogP contribution < -0.4 is 9.64 Å². The molecule has 2 unspecified atom stereocenters. The smallest absolute Gasteiger partial charge is 0.332 e. The Morgan fingerprint density at radius 1 is 1.26 bits per heavy atom. The summed E-state index contributed by atoms with van der Waals surface area (Å²) in [7, 11) is 3.06. The lowest BCUT2D eigenvalue weighted by Crippen LogP contribution is -2.62. The number of thioether (sulfide) groups is 1. The van der Waals surface area contributed by atoms with Gasteiger partial charge in [-0.3, -0.25) is 14.5 Å². The summed E-state index contributed by atoms with van der Waals surface area (Å²) < 4.78 is 20.7. The molecule has 0 saturated carbocycles. The Kier molecular flexibility index (Phi) is 5.70. The number of fused-ring (bicyclic) bond motifs is 2. The van der Waals surface area contributed by atoms with E-state index in [1.54, 1.807) is 30.2 Å². The van der Waals surface area contributed by atoms with Crippen molar-refractivity contribution in [3.05, 3.63) is 53.2 Å². The molecule has 0 spiro atoms. The van der Waals surface area contributed by atoms with Gasteiger partial charge in [-0.15, -0.1) is 11.8 Å². The first-order valence-electron chi connectivity index (χ1n) is 10.3. The number of β-amino-alcohol motifs (C(OH)–C–C–N with tert-alkyl or cyclic N) is 1. The van der Waals surface area contributed by atoms with Crippen LogP contribution in [0.2, 0.25) is 5.02 Å². The number of imide groups is 1.